The van der Waals surface area contributed by atoms with Gasteiger partial charge in [0, 0.05) is 18.9 Å². The van der Waals surface area contributed by atoms with Gasteiger partial charge in [-0.3, -0.25) is 9.59 Å². The molecular formula is C31H52O3. The number of rotatable bonds is 2. The Bertz CT molecular complexity index is 754. The van der Waals surface area contributed by atoms with Gasteiger partial charge in [-0.1, -0.05) is 54.5 Å². The summed E-state index contributed by atoms with van der Waals surface area (Å²) in [6.45, 7) is 17.7. The summed E-state index contributed by atoms with van der Waals surface area (Å²) in [5, 5.41) is 10.3. The molecule has 3 nitrogen and oxygen atoms in total. The Hall–Kier alpha value is -0.960. The van der Waals surface area contributed by atoms with Crippen molar-refractivity contribution in [1.29, 1.82) is 0 Å². The predicted octanol–water partition coefficient (Wildman–Crippen LogP) is 7.41. The summed E-state index contributed by atoms with van der Waals surface area (Å²) < 4.78 is 0. The van der Waals surface area contributed by atoms with Gasteiger partial charge in [0.15, 0.2) is 0 Å². The van der Waals surface area contributed by atoms with Gasteiger partial charge in [-0.05, 0) is 109 Å². The molecule has 0 saturated heterocycles. The minimum atomic E-state index is 0.250. The SMILES string of the molecule is C=CC=O.CC.CC1C(=O)CCC2(C)C1CCC1(C)C2CCC2C3CCCC3(CO)CC[C@]21C. The van der Waals surface area contributed by atoms with Crippen molar-refractivity contribution in [2.75, 3.05) is 6.61 Å². The Kier molecular flexibility index (Phi) is 8.28. The molecule has 0 aliphatic heterocycles. The minimum absolute atomic E-state index is 0.250. The first-order chi connectivity index (χ1) is 16.1. The van der Waals surface area contributed by atoms with E-state index in [1.54, 1.807) is 0 Å². The second kappa shape index (κ2) is 10.2. The maximum Gasteiger partial charge on any atom is 0.142 e. The van der Waals surface area contributed by atoms with E-state index in [1.807, 2.05) is 13.8 Å². The zero-order chi connectivity index (χ0) is 25.4. The van der Waals surface area contributed by atoms with Crippen molar-refractivity contribution in [1.82, 2.24) is 0 Å². The van der Waals surface area contributed by atoms with E-state index in [2.05, 4.69) is 34.3 Å². The molecule has 0 spiro atoms. The number of allylic oxidation sites excluding steroid dienone is 1. The van der Waals surface area contributed by atoms with Gasteiger partial charge in [0.05, 0.1) is 0 Å². The lowest BCUT2D eigenvalue weighted by Gasteiger charge is -2.71. The first-order valence-corrected chi connectivity index (χ1v) is 14.3. The molecule has 0 amide bonds. The third-order valence-electron chi connectivity index (χ3n) is 12.3. The molecule has 0 bridgehead atoms. The fourth-order valence-corrected chi connectivity index (χ4v) is 10.4. The molecule has 5 fully saturated rings. The summed E-state index contributed by atoms with van der Waals surface area (Å²) in [5.41, 5.74) is 1.43. The van der Waals surface area contributed by atoms with Gasteiger partial charge >= 0.3 is 0 Å². The first-order valence-electron chi connectivity index (χ1n) is 14.3. The number of aldehydes is 1. The molecule has 0 radical (unpaired) electrons. The van der Waals surface area contributed by atoms with Crippen molar-refractivity contribution in [3.63, 3.8) is 0 Å². The van der Waals surface area contributed by atoms with Crippen LogP contribution in [-0.2, 0) is 9.59 Å². The Balaban J connectivity index is 0.000000492. The highest BCUT2D eigenvalue weighted by Crippen LogP contribution is 2.75. The molecule has 5 aliphatic carbocycles. The Morgan fingerprint density at radius 1 is 0.912 bits per heavy atom. The van der Waals surface area contributed by atoms with Crippen LogP contribution in [0.25, 0.3) is 0 Å². The van der Waals surface area contributed by atoms with Crippen LogP contribution in [-0.4, -0.2) is 23.8 Å². The molecule has 0 heterocycles. The van der Waals surface area contributed by atoms with Crippen molar-refractivity contribution in [2.45, 2.75) is 112 Å². The van der Waals surface area contributed by atoms with E-state index < -0.39 is 0 Å². The quantitative estimate of drug-likeness (QED) is 0.336. The topological polar surface area (TPSA) is 54.4 Å². The number of ketones is 1. The summed E-state index contributed by atoms with van der Waals surface area (Å²) in [6, 6.07) is 0. The summed E-state index contributed by atoms with van der Waals surface area (Å²) in [7, 11) is 0. The molecule has 1 N–H and O–H groups in total. The Morgan fingerprint density at radius 3 is 2.21 bits per heavy atom. The van der Waals surface area contributed by atoms with Gasteiger partial charge in [-0.25, -0.2) is 0 Å². The van der Waals surface area contributed by atoms with Crippen LogP contribution in [0.5, 0.6) is 0 Å². The van der Waals surface area contributed by atoms with Crippen molar-refractivity contribution in [3.05, 3.63) is 12.7 Å². The molecular weight excluding hydrogens is 420 g/mol. The van der Waals surface area contributed by atoms with E-state index in [-0.39, 0.29) is 11.3 Å². The highest BCUT2D eigenvalue weighted by atomic mass is 16.3. The molecule has 5 saturated carbocycles. The molecule has 0 aromatic rings. The number of Topliss-reactive ketones (excluding diaryl/α,β-unsaturated/α-hetero) is 1. The zero-order valence-electron chi connectivity index (χ0n) is 23.0. The minimum Gasteiger partial charge on any atom is -0.396 e. The summed E-state index contributed by atoms with van der Waals surface area (Å²) >= 11 is 0. The number of aliphatic hydroxyl groups is 1. The number of fused-ring (bicyclic) bond motifs is 7. The summed E-state index contributed by atoms with van der Waals surface area (Å²) in [6.07, 6.45) is 15.6. The van der Waals surface area contributed by atoms with E-state index in [0.29, 0.717) is 40.8 Å². The van der Waals surface area contributed by atoms with Crippen LogP contribution < -0.4 is 0 Å². The number of hydrogen-bond acceptors (Lipinski definition) is 3. The molecule has 34 heavy (non-hydrogen) atoms. The van der Waals surface area contributed by atoms with Gasteiger partial charge < -0.3 is 5.11 Å². The van der Waals surface area contributed by atoms with Crippen LogP contribution in [0.2, 0.25) is 0 Å². The van der Waals surface area contributed by atoms with E-state index in [0.717, 1.165) is 30.6 Å². The number of hydrogen-bond donors (Lipinski definition) is 1. The molecule has 0 aromatic carbocycles. The van der Waals surface area contributed by atoms with Crippen molar-refractivity contribution < 1.29 is 14.7 Å². The molecule has 5 rings (SSSR count). The predicted molar refractivity (Wildman–Crippen MR) is 140 cm³/mol. The average Bonchev–Trinajstić information content (AvgIpc) is 3.28. The number of carbonyl (C=O) groups excluding carboxylic acids is 2. The average molecular weight is 473 g/mol. The van der Waals surface area contributed by atoms with Crippen LogP contribution >= 0.6 is 0 Å². The van der Waals surface area contributed by atoms with Gasteiger partial charge in [-0.15, -0.1) is 0 Å². The van der Waals surface area contributed by atoms with Crippen molar-refractivity contribution in [2.24, 2.45) is 51.2 Å². The maximum absolute atomic E-state index is 12.5. The van der Waals surface area contributed by atoms with Crippen LogP contribution in [0, 0.1) is 51.2 Å². The standard InChI is InChI=1S/C26H42O2.C3H4O.C2H6/c1-17-18-9-13-25(4)22(23(18,2)12-10-21(17)28)8-7-19-20-6-5-11-26(20,16-27)15-14-24(19,25)3;1-2-3-4;1-2/h17-20,22,27H,5-16H2,1-4H3;2-3H,1H2;1-2H3/t17?,18?,19?,20?,22?,23?,24-,25?,26?;;/m1../s1. The normalized spacial score (nSPS) is 48.9. The summed E-state index contributed by atoms with van der Waals surface area (Å²) in [5.74, 6) is 3.75. The molecule has 0 aromatic heterocycles. The van der Waals surface area contributed by atoms with E-state index in [4.69, 9.17) is 4.79 Å². The number of aliphatic hydroxyl groups excluding tert-OH is 1. The van der Waals surface area contributed by atoms with Crippen LogP contribution in [0.4, 0.5) is 0 Å². The maximum atomic E-state index is 12.5. The molecule has 5 aliphatic rings. The highest BCUT2D eigenvalue weighted by Gasteiger charge is 2.68. The van der Waals surface area contributed by atoms with Crippen molar-refractivity contribution >= 4 is 12.1 Å². The fraction of sp³-hybridized carbons (Fsp3) is 0.871. The molecule has 8 unspecified atom stereocenters. The Morgan fingerprint density at radius 2 is 1.59 bits per heavy atom. The third kappa shape index (κ3) is 3.87. The lowest BCUT2D eigenvalue weighted by molar-refractivity contribution is -0.227. The second-order valence-corrected chi connectivity index (χ2v) is 12.9. The van der Waals surface area contributed by atoms with E-state index in [9.17, 15) is 9.90 Å². The largest absolute Gasteiger partial charge is 0.396 e. The van der Waals surface area contributed by atoms with E-state index >= 15 is 0 Å². The zero-order valence-corrected chi connectivity index (χ0v) is 23.0. The smallest absolute Gasteiger partial charge is 0.142 e. The van der Waals surface area contributed by atoms with Crippen LogP contribution in [0.1, 0.15) is 112 Å². The van der Waals surface area contributed by atoms with Gasteiger partial charge in [-0.2, -0.15) is 0 Å². The highest BCUT2D eigenvalue weighted by molar-refractivity contribution is 5.82. The Labute approximate surface area is 209 Å². The fourth-order valence-electron chi connectivity index (χ4n) is 10.4. The second-order valence-electron chi connectivity index (χ2n) is 12.9. The van der Waals surface area contributed by atoms with Gasteiger partial charge in [0.25, 0.3) is 0 Å². The molecule has 194 valence electrons. The van der Waals surface area contributed by atoms with Crippen LogP contribution in [0.15, 0.2) is 12.7 Å². The third-order valence-corrected chi connectivity index (χ3v) is 12.3. The number of carbonyl (C=O) groups is 2. The van der Waals surface area contributed by atoms with E-state index in [1.165, 1.54) is 63.9 Å². The van der Waals surface area contributed by atoms with Gasteiger partial charge in [0.2, 0.25) is 0 Å². The lowest BCUT2D eigenvalue weighted by atomic mass is 9.33. The van der Waals surface area contributed by atoms with Crippen molar-refractivity contribution in [3.8, 4) is 0 Å². The van der Waals surface area contributed by atoms with Crippen LogP contribution in [0.3, 0.4) is 0 Å². The molecule has 3 heteroatoms. The van der Waals surface area contributed by atoms with Gasteiger partial charge in [0.1, 0.15) is 12.1 Å². The molecule has 9 atom stereocenters. The summed E-state index contributed by atoms with van der Waals surface area (Å²) in [4.78, 5) is 21.5. The first kappa shape index (κ1) is 27.6. The monoisotopic (exact) mass is 472 g/mol. The lowest BCUT2D eigenvalue weighted by Crippen LogP contribution is -2.65.